The topological polar surface area (TPSA) is 30.7 Å². The highest BCUT2D eigenvalue weighted by Crippen LogP contribution is 2.10. The molecule has 0 spiro atoms. The second-order valence-electron chi connectivity index (χ2n) is 2.84. The molecular formula is C9H7F2N3. The van der Waals surface area contributed by atoms with E-state index in [9.17, 15) is 8.87 Å². The van der Waals surface area contributed by atoms with Crippen LogP contribution in [0.15, 0.2) is 30.5 Å². The van der Waals surface area contributed by atoms with Crippen LogP contribution in [0.5, 0.6) is 0 Å². The predicted molar refractivity (Wildman–Crippen MR) is 45.7 cm³/mol. The Hall–Kier alpha value is -1.78. The molecular weight excluding hydrogens is 188 g/mol. The van der Waals surface area contributed by atoms with Crippen molar-refractivity contribution in [3.05, 3.63) is 47.5 Å². The maximum Gasteiger partial charge on any atom is 0.126 e. The minimum atomic E-state index is -0.319. The van der Waals surface area contributed by atoms with Crippen LogP contribution in [0.25, 0.3) is 0 Å². The van der Waals surface area contributed by atoms with Crippen LogP contribution in [0.3, 0.4) is 0 Å². The van der Waals surface area contributed by atoms with Crippen molar-refractivity contribution in [3.8, 4) is 0 Å². The molecule has 0 saturated heterocycles. The molecule has 2 aromatic rings. The smallest absolute Gasteiger partial charge is 0.126 e. The summed E-state index contributed by atoms with van der Waals surface area (Å²) in [5.41, 5.74) is 0.880. The molecule has 0 aliphatic carbocycles. The molecule has 1 heterocycles. The number of hydrogen-bond donors (Lipinski definition) is 0. The number of aromatic nitrogens is 3. The second-order valence-corrected chi connectivity index (χ2v) is 2.84. The molecule has 1 aromatic carbocycles. The fraction of sp³-hybridized carbons (Fsp3) is 0.111. The van der Waals surface area contributed by atoms with Crippen LogP contribution >= 0.6 is 0 Å². The third-order valence-corrected chi connectivity index (χ3v) is 1.84. The van der Waals surface area contributed by atoms with Crippen molar-refractivity contribution in [3.63, 3.8) is 0 Å². The quantitative estimate of drug-likeness (QED) is 0.730. The first kappa shape index (κ1) is 8.80. The van der Waals surface area contributed by atoms with Crippen LogP contribution < -0.4 is 0 Å². The lowest BCUT2D eigenvalue weighted by Crippen LogP contribution is -1.93. The van der Waals surface area contributed by atoms with Crippen molar-refractivity contribution in [1.29, 1.82) is 0 Å². The molecule has 2 rings (SSSR count). The molecule has 72 valence electrons. The molecule has 0 N–H and O–H groups in total. The van der Waals surface area contributed by atoms with Crippen molar-refractivity contribution < 1.29 is 8.87 Å². The summed E-state index contributed by atoms with van der Waals surface area (Å²) in [5.74, 6) is -0.319. The Morgan fingerprint density at radius 1 is 1.29 bits per heavy atom. The van der Waals surface area contributed by atoms with Gasteiger partial charge in [-0.3, -0.25) is 0 Å². The number of rotatable bonds is 2. The highest BCUT2D eigenvalue weighted by molar-refractivity contribution is 5.21. The highest BCUT2D eigenvalue weighted by Gasteiger charge is 2.05. The van der Waals surface area contributed by atoms with Crippen LogP contribution in [0.2, 0.25) is 0 Å². The number of nitrogens with zero attached hydrogens (tertiary/aromatic N) is 3. The summed E-state index contributed by atoms with van der Waals surface area (Å²) in [5, 5.41) is 6.65. The first-order chi connectivity index (χ1) is 6.75. The molecule has 0 aliphatic rings. The molecule has 0 saturated carbocycles. The van der Waals surface area contributed by atoms with Gasteiger partial charge in [0.1, 0.15) is 5.82 Å². The molecule has 0 bridgehead atoms. The van der Waals surface area contributed by atoms with Gasteiger partial charge in [-0.1, -0.05) is 22.7 Å². The monoisotopic (exact) mass is 195 g/mol. The Kier molecular flexibility index (Phi) is 2.22. The molecule has 0 atom stereocenters. The van der Waals surface area contributed by atoms with E-state index < -0.39 is 0 Å². The molecule has 14 heavy (non-hydrogen) atoms. The largest absolute Gasteiger partial charge is 0.207 e. The molecule has 0 amide bonds. The summed E-state index contributed by atoms with van der Waals surface area (Å²) in [6.07, 6.45) is 1.52. The Labute approximate surface area is 78.9 Å². The van der Waals surface area contributed by atoms with Crippen LogP contribution in [-0.2, 0) is 6.42 Å². The van der Waals surface area contributed by atoms with E-state index in [2.05, 4.69) is 10.2 Å². The fourth-order valence-electron chi connectivity index (χ4n) is 1.19. The maximum absolute atomic E-state index is 13.1. The van der Waals surface area contributed by atoms with Crippen LogP contribution in [-0.4, -0.2) is 15.2 Å². The van der Waals surface area contributed by atoms with E-state index in [4.69, 9.17) is 0 Å². The number of halogens is 2. The van der Waals surface area contributed by atoms with Crippen molar-refractivity contribution in [2.75, 3.05) is 0 Å². The van der Waals surface area contributed by atoms with Gasteiger partial charge in [0.25, 0.3) is 0 Å². The first-order valence-electron chi connectivity index (χ1n) is 4.06. The van der Waals surface area contributed by atoms with Gasteiger partial charge in [0.05, 0.1) is 11.9 Å². The van der Waals surface area contributed by atoms with E-state index in [1.165, 1.54) is 12.3 Å². The molecule has 0 aliphatic heterocycles. The second kappa shape index (κ2) is 3.53. The Bertz CT molecular complexity index is 439. The lowest BCUT2D eigenvalue weighted by atomic mass is 10.1. The summed E-state index contributed by atoms with van der Waals surface area (Å²) in [6.45, 7) is 0. The zero-order valence-corrected chi connectivity index (χ0v) is 7.19. The summed E-state index contributed by atoms with van der Waals surface area (Å²) in [7, 11) is 0. The van der Waals surface area contributed by atoms with E-state index in [-0.39, 0.29) is 17.3 Å². The van der Waals surface area contributed by atoms with Crippen molar-refractivity contribution in [2.24, 2.45) is 0 Å². The van der Waals surface area contributed by atoms with E-state index >= 15 is 0 Å². The average molecular weight is 195 g/mol. The molecule has 3 nitrogen and oxygen atoms in total. The molecule has 0 fully saturated rings. The summed E-state index contributed by atoms with van der Waals surface area (Å²) in [4.78, 5) is 0. The van der Waals surface area contributed by atoms with Gasteiger partial charge in [-0.15, -0.1) is 10.2 Å². The SMILES string of the molecule is Fc1ccccc1Cc1cnn(F)n1. The van der Waals surface area contributed by atoms with Gasteiger partial charge in [0.2, 0.25) is 0 Å². The lowest BCUT2D eigenvalue weighted by molar-refractivity contribution is 0.263. The Morgan fingerprint density at radius 2 is 2.07 bits per heavy atom. The van der Waals surface area contributed by atoms with Crippen molar-refractivity contribution in [2.45, 2.75) is 6.42 Å². The first-order valence-corrected chi connectivity index (χ1v) is 4.06. The zero-order chi connectivity index (χ0) is 9.97. The van der Waals surface area contributed by atoms with Crippen LogP contribution in [0.4, 0.5) is 8.87 Å². The summed E-state index contributed by atoms with van der Waals surface area (Å²) >= 11 is 0. The van der Waals surface area contributed by atoms with Crippen molar-refractivity contribution >= 4 is 0 Å². The maximum atomic E-state index is 13.1. The van der Waals surface area contributed by atoms with Crippen LogP contribution in [0.1, 0.15) is 11.3 Å². The van der Waals surface area contributed by atoms with Crippen LogP contribution in [0, 0.1) is 5.82 Å². The van der Waals surface area contributed by atoms with Gasteiger partial charge in [-0.05, 0) is 16.6 Å². The van der Waals surface area contributed by atoms with Gasteiger partial charge in [-0.2, -0.15) is 0 Å². The van der Waals surface area contributed by atoms with Crippen molar-refractivity contribution in [1.82, 2.24) is 15.2 Å². The number of hydrogen-bond acceptors (Lipinski definition) is 2. The zero-order valence-electron chi connectivity index (χ0n) is 7.19. The van der Waals surface area contributed by atoms with E-state index in [1.54, 1.807) is 18.2 Å². The molecule has 5 heteroatoms. The summed E-state index contributed by atoms with van der Waals surface area (Å²) in [6, 6.07) is 6.31. The third-order valence-electron chi connectivity index (χ3n) is 1.84. The number of benzene rings is 1. The normalized spacial score (nSPS) is 10.4. The lowest BCUT2D eigenvalue weighted by Gasteiger charge is -1.98. The van der Waals surface area contributed by atoms with Gasteiger partial charge in [0.15, 0.2) is 0 Å². The van der Waals surface area contributed by atoms with E-state index in [0.717, 1.165) is 0 Å². The molecule has 0 radical (unpaired) electrons. The van der Waals surface area contributed by atoms with Gasteiger partial charge in [0, 0.05) is 6.42 Å². The van der Waals surface area contributed by atoms with Gasteiger partial charge in [-0.25, -0.2) is 4.39 Å². The summed E-state index contributed by atoms with van der Waals surface area (Å²) < 4.78 is 25.5. The Balaban J connectivity index is 2.23. The predicted octanol–water partition coefficient (Wildman–Crippen LogP) is 1.74. The minimum Gasteiger partial charge on any atom is -0.207 e. The fourth-order valence-corrected chi connectivity index (χ4v) is 1.19. The molecule has 1 aromatic heterocycles. The highest BCUT2D eigenvalue weighted by atomic mass is 19.2. The molecule has 0 unspecified atom stereocenters. The average Bonchev–Trinajstić information content (AvgIpc) is 2.56. The Morgan fingerprint density at radius 3 is 2.71 bits per heavy atom. The minimum absolute atomic E-state index is 0.0316. The third kappa shape index (κ3) is 1.76. The van der Waals surface area contributed by atoms with Gasteiger partial charge >= 0.3 is 0 Å². The van der Waals surface area contributed by atoms with Gasteiger partial charge < -0.3 is 0 Å². The van der Waals surface area contributed by atoms with E-state index in [0.29, 0.717) is 11.3 Å². The van der Waals surface area contributed by atoms with E-state index in [1.807, 2.05) is 0 Å². The standard InChI is InChI=1S/C9H7F2N3/c10-9-4-2-1-3-7(9)5-8-6-12-14(11)13-8/h1-4,6H,5H2.